The molecule has 0 fully saturated rings. The molecule has 0 aliphatic carbocycles. The van der Waals surface area contributed by atoms with E-state index in [1.165, 1.54) is 10.8 Å². The van der Waals surface area contributed by atoms with E-state index in [0.717, 1.165) is 67.2 Å². The number of pyridine rings is 1. The molecule has 0 N–H and O–H groups in total. The minimum atomic E-state index is -0.238. The molecule has 0 bridgehead atoms. The summed E-state index contributed by atoms with van der Waals surface area (Å²) >= 11 is 0. The van der Waals surface area contributed by atoms with Gasteiger partial charge in [-0.3, -0.25) is 4.57 Å². The zero-order chi connectivity index (χ0) is 35.8. The molecular formula is C47H34BN5O. The van der Waals surface area contributed by atoms with Crippen LogP contribution in [0.25, 0.3) is 50.2 Å². The quantitative estimate of drug-likeness (QED) is 0.149. The minimum Gasteiger partial charge on any atom is -0.356 e. The molecule has 1 aliphatic heterocycles. The Morgan fingerprint density at radius 2 is 1.17 bits per heavy atom. The normalized spacial score (nSPS) is 12.6. The lowest BCUT2D eigenvalue weighted by Crippen LogP contribution is -2.53. The van der Waals surface area contributed by atoms with E-state index in [1.54, 1.807) is 0 Å². The van der Waals surface area contributed by atoms with Crippen LogP contribution in [0.15, 0.2) is 199 Å². The van der Waals surface area contributed by atoms with E-state index in [-0.39, 0.29) is 6.71 Å². The molecule has 9 aromatic rings. The predicted molar refractivity (Wildman–Crippen MR) is 222 cm³/mol. The van der Waals surface area contributed by atoms with Crippen LogP contribution in [0, 0.1) is 0 Å². The van der Waals surface area contributed by atoms with Gasteiger partial charge in [0.2, 0.25) is 6.71 Å². The first-order chi connectivity index (χ1) is 26.8. The molecule has 0 saturated carbocycles. The number of fused-ring (bicyclic) bond motifs is 3. The molecule has 1 aliphatic rings. The molecule has 0 unspecified atom stereocenters. The minimum absolute atomic E-state index is 0.238. The molecule has 0 amide bonds. The number of rotatable bonds is 8. The van der Waals surface area contributed by atoms with E-state index in [9.17, 15) is 0 Å². The highest BCUT2D eigenvalue weighted by atomic mass is 16.5. The van der Waals surface area contributed by atoms with Crippen molar-refractivity contribution in [3.8, 4) is 28.4 Å². The Morgan fingerprint density at radius 3 is 1.94 bits per heavy atom. The highest BCUT2D eigenvalue weighted by Gasteiger charge is 2.33. The molecule has 4 heterocycles. The first-order valence-electron chi connectivity index (χ1n) is 18.2. The van der Waals surface area contributed by atoms with E-state index in [2.05, 4.69) is 178 Å². The smallest absolute Gasteiger partial charge is 0.249 e. The molecule has 0 radical (unpaired) electrons. The van der Waals surface area contributed by atoms with Crippen molar-refractivity contribution in [3.05, 3.63) is 195 Å². The fraction of sp³-hybridized carbons (Fsp3) is 0.0213. The van der Waals surface area contributed by atoms with Gasteiger partial charge in [0.1, 0.15) is 11.5 Å². The SMILES string of the molecule is C1=CN(c2cccc(B(c3ccc4c5ccccc5n(-c5ccccn5)c4c3)c3c(-c4ccccc4)noc3-c3ccccc3)c2)CN1c1ccccc1. The molecule has 256 valence electrons. The van der Waals surface area contributed by atoms with Crippen LogP contribution in [0.2, 0.25) is 0 Å². The lowest BCUT2D eigenvalue weighted by atomic mass is 9.36. The van der Waals surface area contributed by atoms with Crippen LogP contribution >= 0.6 is 0 Å². The van der Waals surface area contributed by atoms with Gasteiger partial charge >= 0.3 is 0 Å². The Balaban J connectivity index is 1.20. The van der Waals surface area contributed by atoms with Crippen molar-refractivity contribution in [1.29, 1.82) is 0 Å². The number of hydrogen-bond acceptors (Lipinski definition) is 5. The van der Waals surface area contributed by atoms with Gasteiger partial charge < -0.3 is 14.3 Å². The average molecular weight is 696 g/mol. The molecule has 7 heteroatoms. The van der Waals surface area contributed by atoms with Crippen molar-refractivity contribution in [2.45, 2.75) is 0 Å². The summed E-state index contributed by atoms with van der Waals surface area (Å²) < 4.78 is 8.66. The van der Waals surface area contributed by atoms with Gasteiger partial charge in [-0.2, -0.15) is 0 Å². The van der Waals surface area contributed by atoms with Crippen LogP contribution in [-0.4, -0.2) is 28.1 Å². The molecule has 54 heavy (non-hydrogen) atoms. The third-order valence-corrected chi connectivity index (χ3v) is 10.4. The van der Waals surface area contributed by atoms with Crippen LogP contribution in [0.4, 0.5) is 11.4 Å². The maximum Gasteiger partial charge on any atom is 0.249 e. The summed E-state index contributed by atoms with van der Waals surface area (Å²) in [5, 5.41) is 7.18. The zero-order valence-corrected chi connectivity index (χ0v) is 29.4. The Labute approximate surface area is 313 Å². The number of para-hydroxylation sites is 2. The van der Waals surface area contributed by atoms with E-state index < -0.39 is 0 Å². The first-order valence-corrected chi connectivity index (χ1v) is 18.2. The maximum absolute atomic E-state index is 6.39. The van der Waals surface area contributed by atoms with E-state index in [0.29, 0.717) is 6.67 Å². The molecule has 0 atom stereocenters. The van der Waals surface area contributed by atoms with Gasteiger partial charge in [-0.15, -0.1) is 0 Å². The van der Waals surface area contributed by atoms with Crippen molar-refractivity contribution in [2.75, 3.05) is 16.5 Å². The lowest BCUT2D eigenvalue weighted by molar-refractivity contribution is 0.435. The Bertz CT molecular complexity index is 2710. The third-order valence-electron chi connectivity index (χ3n) is 10.4. The number of aromatic nitrogens is 3. The van der Waals surface area contributed by atoms with Crippen LogP contribution in [-0.2, 0) is 0 Å². The van der Waals surface area contributed by atoms with E-state index in [1.807, 2.05) is 30.5 Å². The standard InChI is InChI=1S/C47H34BN5O/c1-4-15-34(16-5-1)46-45(47(54-50-46)35-17-6-2-7-18-35)48(36-19-14-22-39(31-36)52-30-29-51(33-52)38-20-8-3-9-21-38)37-26-27-41-40-23-10-11-24-42(40)53(43(41)32-37)44-25-12-13-28-49-44/h1-32H,33H2. The van der Waals surface area contributed by atoms with Crippen molar-refractivity contribution in [3.63, 3.8) is 0 Å². The van der Waals surface area contributed by atoms with Gasteiger partial charge in [0, 0.05) is 57.3 Å². The van der Waals surface area contributed by atoms with Crippen LogP contribution < -0.4 is 26.2 Å². The third kappa shape index (κ3) is 5.54. The molecule has 3 aromatic heterocycles. The van der Waals surface area contributed by atoms with Crippen molar-refractivity contribution in [2.24, 2.45) is 0 Å². The summed E-state index contributed by atoms with van der Waals surface area (Å²) in [6.07, 6.45) is 6.16. The topological polar surface area (TPSA) is 50.3 Å². The van der Waals surface area contributed by atoms with Gasteiger partial charge in [0.25, 0.3) is 0 Å². The molecule has 6 nitrogen and oxygen atoms in total. The van der Waals surface area contributed by atoms with Gasteiger partial charge in [-0.05, 0) is 48.5 Å². The Hall–Kier alpha value is -7.12. The fourth-order valence-electron chi connectivity index (χ4n) is 7.85. The highest BCUT2D eigenvalue weighted by Crippen LogP contribution is 2.32. The summed E-state index contributed by atoms with van der Waals surface area (Å²) in [5.41, 5.74) is 10.6. The average Bonchev–Trinajstić information content (AvgIpc) is 3.99. The zero-order valence-electron chi connectivity index (χ0n) is 29.4. The van der Waals surface area contributed by atoms with E-state index >= 15 is 0 Å². The van der Waals surface area contributed by atoms with Crippen molar-refractivity contribution < 1.29 is 4.52 Å². The van der Waals surface area contributed by atoms with Crippen LogP contribution in [0.1, 0.15) is 0 Å². The summed E-state index contributed by atoms with van der Waals surface area (Å²) in [5.74, 6) is 1.63. The first kappa shape index (κ1) is 31.6. The summed E-state index contributed by atoms with van der Waals surface area (Å²) in [4.78, 5) is 9.37. The number of benzene rings is 6. The van der Waals surface area contributed by atoms with Crippen LogP contribution in [0.5, 0.6) is 0 Å². The molecule has 6 aromatic carbocycles. The fourth-order valence-corrected chi connectivity index (χ4v) is 7.85. The van der Waals surface area contributed by atoms with Crippen molar-refractivity contribution >= 4 is 56.3 Å². The van der Waals surface area contributed by atoms with Crippen LogP contribution in [0.3, 0.4) is 0 Å². The number of nitrogens with zero attached hydrogens (tertiary/aromatic N) is 5. The predicted octanol–water partition coefficient (Wildman–Crippen LogP) is 8.77. The molecular weight excluding hydrogens is 661 g/mol. The van der Waals surface area contributed by atoms with Crippen molar-refractivity contribution in [1.82, 2.24) is 14.7 Å². The lowest BCUT2D eigenvalue weighted by Gasteiger charge is -2.23. The Morgan fingerprint density at radius 1 is 0.519 bits per heavy atom. The summed E-state index contributed by atoms with van der Waals surface area (Å²) in [7, 11) is 0. The van der Waals surface area contributed by atoms with Gasteiger partial charge in [-0.1, -0.05) is 143 Å². The van der Waals surface area contributed by atoms with Gasteiger partial charge in [0.05, 0.1) is 17.7 Å². The van der Waals surface area contributed by atoms with E-state index in [4.69, 9.17) is 14.7 Å². The maximum atomic E-state index is 6.39. The summed E-state index contributed by atoms with van der Waals surface area (Å²) in [6.45, 7) is 0.476. The molecule has 10 rings (SSSR count). The second kappa shape index (κ2) is 13.5. The molecule has 0 saturated heterocycles. The second-order valence-corrected chi connectivity index (χ2v) is 13.6. The Kier molecular flexibility index (Phi) is 7.88. The van der Waals surface area contributed by atoms with Gasteiger partial charge in [-0.25, -0.2) is 4.98 Å². The monoisotopic (exact) mass is 695 g/mol. The molecule has 0 spiro atoms. The second-order valence-electron chi connectivity index (χ2n) is 13.6. The van der Waals surface area contributed by atoms with Gasteiger partial charge in [0.15, 0.2) is 5.76 Å². The highest BCUT2D eigenvalue weighted by molar-refractivity contribution is 6.97. The number of hydrogen-bond donors (Lipinski definition) is 0. The summed E-state index contributed by atoms with van der Waals surface area (Å²) in [6, 6.07) is 61.6. The number of anilines is 2. The largest absolute Gasteiger partial charge is 0.356 e.